The molecule has 5 heteroatoms. The summed E-state index contributed by atoms with van der Waals surface area (Å²) < 4.78 is 6.02. The Hall–Kier alpha value is -0.460. The van der Waals surface area contributed by atoms with Crippen molar-refractivity contribution in [3.63, 3.8) is 0 Å². The van der Waals surface area contributed by atoms with Crippen LogP contribution < -0.4 is 0 Å². The van der Waals surface area contributed by atoms with Crippen molar-refractivity contribution in [2.45, 2.75) is 90.8 Å². The molecule has 0 saturated heterocycles. The summed E-state index contributed by atoms with van der Waals surface area (Å²) in [6, 6.07) is 0. The van der Waals surface area contributed by atoms with Crippen LogP contribution in [0.3, 0.4) is 0 Å². The van der Waals surface area contributed by atoms with Gasteiger partial charge >= 0.3 is 0 Å². The summed E-state index contributed by atoms with van der Waals surface area (Å²) in [6.07, 6.45) is 2.89. The van der Waals surface area contributed by atoms with Gasteiger partial charge in [-0.25, -0.2) is 0 Å². The fourth-order valence-electron chi connectivity index (χ4n) is 4.78. The van der Waals surface area contributed by atoms with E-state index >= 15 is 0 Å². The molecular weight excluding hydrogens is 320 g/mol. The number of rotatable bonds is 5. The standard InChI is InChI=1S/C20H36O5/c1-13(2)8-20(12-21,18(3,4)5)17(23)25-16-7-14-6-15(22)10-19(24,9-14)11-16/h8,14-17,21-24H,6-7,9-12H2,1-5H3. The van der Waals surface area contributed by atoms with Crippen LogP contribution in [0.2, 0.25) is 0 Å². The van der Waals surface area contributed by atoms with Gasteiger partial charge in [-0.05, 0) is 44.4 Å². The third-order valence-corrected chi connectivity index (χ3v) is 6.06. The molecule has 0 aromatic heterocycles. The van der Waals surface area contributed by atoms with E-state index in [4.69, 9.17) is 4.74 Å². The molecule has 2 fully saturated rings. The normalized spacial score (nSPS) is 36.4. The molecule has 0 aromatic rings. The van der Waals surface area contributed by atoms with Crippen molar-refractivity contribution in [3.8, 4) is 0 Å². The highest BCUT2D eigenvalue weighted by Gasteiger charge is 2.50. The van der Waals surface area contributed by atoms with Gasteiger partial charge in [0, 0.05) is 12.8 Å². The van der Waals surface area contributed by atoms with Gasteiger partial charge in [0.15, 0.2) is 6.29 Å². The van der Waals surface area contributed by atoms with Crippen LogP contribution in [0.4, 0.5) is 0 Å². The summed E-state index contributed by atoms with van der Waals surface area (Å²) in [5.41, 5.74) is -1.23. The maximum absolute atomic E-state index is 10.9. The highest BCUT2D eigenvalue weighted by Crippen LogP contribution is 2.47. The Labute approximate surface area is 151 Å². The summed E-state index contributed by atoms with van der Waals surface area (Å²) in [6.45, 7) is 9.61. The van der Waals surface area contributed by atoms with Gasteiger partial charge < -0.3 is 25.2 Å². The van der Waals surface area contributed by atoms with Crippen molar-refractivity contribution < 1.29 is 25.2 Å². The van der Waals surface area contributed by atoms with E-state index in [2.05, 4.69) is 0 Å². The number of aliphatic hydroxyl groups excluding tert-OH is 3. The minimum absolute atomic E-state index is 0.210. The van der Waals surface area contributed by atoms with Crippen molar-refractivity contribution in [1.82, 2.24) is 0 Å². The maximum atomic E-state index is 10.9. The van der Waals surface area contributed by atoms with Crippen molar-refractivity contribution in [2.75, 3.05) is 6.61 Å². The number of hydrogen-bond donors (Lipinski definition) is 4. The van der Waals surface area contributed by atoms with Gasteiger partial charge in [-0.15, -0.1) is 0 Å². The summed E-state index contributed by atoms with van der Waals surface area (Å²) >= 11 is 0. The van der Waals surface area contributed by atoms with Crippen molar-refractivity contribution in [3.05, 3.63) is 11.6 Å². The number of aliphatic hydroxyl groups is 4. The number of fused-ring (bicyclic) bond motifs is 2. The molecule has 0 aromatic carbocycles. The largest absolute Gasteiger partial charge is 0.395 e. The van der Waals surface area contributed by atoms with E-state index in [1.165, 1.54) is 0 Å². The first-order valence-corrected chi connectivity index (χ1v) is 9.42. The minimum Gasteiger partial charge on any atom is -0.395 e. The molecular formula is C20H36O5. The lowest BCUT2D eigenvalue weighted by atomic mass is 9.65. The van der Waals surface area contributed by atoms with Crippen LogP contribution >= 0.6 is 0 Å². The highest BCUT2D eigenvalue weighted by atomic mass is 16.6. The molecule has 2 saturated carbocycles. The summed E-state index contributed by atoms with van der Waals surface area (Å²) in [4.78, 5) is 0. The molecule has 0 spiro atoms. The van der Waals surface area contributed by atoms with Crippen LogP contribution in [0.15, 0.2) is 11.6 Å². The zero-order chi connectivity index (χ0) is 19.0. The average molecular weight is 357 g/mol. The number of allylic oxidation sites excluding steroid dienone is 1. The van der Waals surface area contributed by atoms with Gasteiger partial charge in [0.25, 0.3) is 0 Å². The van der Waals surface area contributed by atoms with Crippen LogP contribution in [0, 0.1) is 16.7 Å². The molecule has 2 aliphatic rings. The summed E-state index contributed by atoms with van der Waals surface area (Å²) in [5.74, 6) is 0.210. The molecule has 5 nitrogen and oxygen atoms in total. The Balaban J connectivity index is 2.19. The molecule has 146 valence electrons. The second-order valence-electron chi connectivity index (χ2n) is 9.61. The van der Waals surface area contributed by atoms with Crippen LogP contribution in [-0.2, 0) is 4.74 Å². The van der Waals surface area contributed by atoms with Crippen LogP contribution in [0.1, 0.15) is 66.7 Å². The quantitative estimate of drug-likeness (QED) is 0.448. The van der Waals surface area contributed by atoms with E-state index in [-0.39, 0.29) is 18.6 Å². The Bertz CT molecular complexity index is 489. The predicted octanol–water partition coefficient (Wildman–Crippen LogP) is 2.37. The Morgan fingerprint density at radius 3 is 2.32 bits per heavy atom. The summed E-state index contributed by atoms with van der Waals surface area (Å²) in [5, 5.41) is 41.7. The van der Waals surface area contributed by atoms with E-state index in [0.29, 0.717) is 25.7 Å². The van der Waals surface area contributed by atoms with E-state index < -0.39 is 28.8 Å². The van der Waals surface area contributed by atoms with Gasteiger partial charge in [0.1, 0.15) is 0 Å². The lowest BCUT2D eigenvalue weighted by Crippen LogP contribution is -2.53. The molecule has 0 radical (unpaired) electrons. The molecule has 0 heterocycles. The molecule has 0 amide bonds. The van der Waals surface area contributed by atoms with E-state index in [1.54, 1.807) is 0 Å². The van der Waals surface area contributed by atoms with Gasteiger partial charge in [0.2, 0.25) is 0 Å². The zero-order valence-electron chi connectivity index (χ0n) is 16.3. The molecule has 2 rings (SSSR count). The van der Waals surface area contributed by atoms with Gasteiger partial charge in [0.05, 0.1) is 29.8 Å². The van der Waals surface area contributed by atoms with Crippen molar-refractivity contribution in [1.29, 1.82) is 0 Å². The fourth-order valence-corrected chi connectivity index (χ4v) is 4.78. The molecule has 25 heavy (non-hydrogen) atoms. The van der Waals surface area contributed by atoms with Crippen molar-refractivity contribution >= 4 is 0 Å². The zero-order valence-corrected chi connectivity index (χ0v) is 16.3. The van der Waals surface area contributed by atoms with Gasteiger partial charge in [-0.2, -0.15) is 0 Å². The minimum atomic E-state index is -1.16. The van der Waals surface area contributed by atoms with Crippen LogP contribution in [0.5, 0.6) is 0 Å². The highest BCUT2D eigenvalue weighted by molar-refractivity contribution is 5.12. The smallest absolute Gasteiger partial charge is 0.166 e. The fraction of sp³-hybridized carbons (Fsp3) is 0.900. The summed E-state index contributed by atoms with van der Waals surface area (Å²) in [7, 11) is 0. The predicted molar refractivity (Wildman–Crippen MR) is 96.8 cm³/mol. The molecule has 6 unspecified atom stereocenters. The van der Waals surface area contributed by atoms with Crippen LogP contribution in [0.25, 0.3) is 0 Å². The number of hydrogen-bond acceptors (Lipinski definition) is 5. The molecule has 0 aliphatic heterocycles. The first-order chi connectivity index (χ1) is 11.4. The molecule has 2 bridgehead atoms. The SMILES string of the molecule is CC(C)=CC(CO)(C(O)OC1CC2CC(O)CC(O)(C2)C1)C(C)(C)C. The number of ether oxygens (including phenoxy) is 1. The monoisotopic (exact) mass is 356 g/mol. The molecule has 6 atom stereocenters. The van der Waals surface area contributed by atoms with Crippen LogP contribution in [-0.4, -0.2) is 51.1 Å². The van der Waals surface area contributed by atoms with Gasteiger partial charge in [-0.3, -0.25) is 0 Å². The van der Waals surface area contributed by atoms with E-state index in [0.717, 1.165) is 12.0 Å². The second kappa shape index (κ2) is 7.28. The Morgan fingerprint density at radius 1 is 1.20 bits per heavy atom. The first-order valence-electron chi connectivity index (χ1n) is 9.42. The van der Waals surface area contributed by atoms with Gasteiger partial charge in [-0.1, -0.05) is 32.4 Å². The van der Waals surface area contributed by atoms with Crippen molar-refractivity contribution in [2.24, 2.45) is 16.7 Å². The topological polar surface area (TPSA) is 90.2 Å². The molecule has 4 N–H and O–H groups in total. The molecule has 2 aliphatic carbocycles. The lowest BCUT2D eigenvalue weighted by molar-refractivity contribution is -0.245. The Kier molecular flexibility index (Phi) is 6.07. The third kappa shape index (κ3) is 4.45. The Morgan fingerprint density at radius 2 is 1.84 bits per heavy atom. The maximum Gasteiger partial charge on any atom is 0.166 e. The average Bonchev–Trinajstić information content (AvgIpc) is 2.40. The van der Waals surface area contributed by atoms with E-state index in [9.17, 15) is 20.4 Å². The second-order valence-corrected chi connectivity index (χ2v) is 9.61. The third-order valence-electron chi connectivity index (χ3n) is 6.06. The first kappa shape index (κ1) is 20.8. The van der Waals surface area contributed by atoms with E-state index in [1.807, 2.05) is 40.7 Å². The lowest BCUT2D eigenvalue weighted by Gasteiger charge is -2.49.